The molecule has 0 aliphatic heterocycles. The molecule has 4 aromatic rings. The highest BCUT2D eigenvalue weighted by molar-refractivity contribution is 5.91. The molecule has 5 N–H and O–H groups in total. The van der Waals surface area contributed by atoms with Crippen LogP contribution in [0.5, 0.6) is 17.2 Å². The van der Waals surface area contributed by atoms with Crippen LogP contribution in [0.2, 0.25) is 0 Å². The average molecular weight is 583 g/mol. The Labute approximate surface area is 249 Å². The summed E-state index contributed by atoms with van der Waals surface area (Å²) >= 11 is 0. The van der Waals surface area contributed by atoms with Crippen molar-refractivity contribution in [2.45, 2.75) is 44.4 Å². The molecule has 4 aromatic carbocycles. The molecule has 2 amide bonds. The maximum absolute atomic E-state index is 13.6. The monoisotopic (exact) mass is 582 g/mol. The number of nitrogens with one attached hydrogen (secondary N) is 2. The highest BCUT2D eigenvalue weighted by atomic mass is 16.5. The number of hydrogen-bond acceptors (Lipinski definition) is 7. The molecule has 0 aliphatic rings. The van der Waals surface area contributed by atoms with E-state index in [9.17, 15) is 29.7 Å². The van der Waals surface area contributed by atoms with Gasteiger partial charge in [-0.15, -0.1) is 0 Å². The number of esters is 1. The maximum Gasteiger partial charge on any atom is 0.329 e. The Morgan fingerprint density at radius 3 is 1.60 bits per heavy atom. The van der Waals surface area contributed by atoms with Crippen LogP contribution in [0.25, 0.3) is 0 Å². The first-order chi connectivity index (χ1) is 20.7. The number of phenols is 3. The van der Waals surface area contributed by atoms with Gasteiger partial charge in [0.1, 0.15) is 35.9 Å². The fourth-order valence-corrected chi connectivity index (χ4v) is 4.43. The summed E-state index contributed by atoms with van der Waals surface area (Å²) in [6, 6.07) is 26.2. The van der Waals surface area contributed by atoms with Gasteiger partial charge in [-0.2, -0.15) is 0 Å². The van der Waals surface area contributed by atoms with E-state index in [-0.39, 0.29) is 49.0 Å². The summed E-state index contributed by atoms with van der Waals surface area (Å²) in [5.41, 5.74) is 3.02. The molecule has 0 saturated carbocycles. The second kappa shape index (κ2) is 15.1. The number of amides is 2. The molecule has 0 bridgehead atoms. The Morgan fingerprint density at radius 2 is 1.07 bits per heavy atom. The highest BCUT2D eigenvalue weighted by Gasteiger charge is 2.28. The van der Waals surface area contributed by atoms with Gasteiger partial charge in [-0.1, -0.05) is 66.7 Å². The second-order valence-electron chi connectivity index (χ2n) is 10.2. The molecular formula is C34H34N2O7. The van der Waals surface area contributed by atoms with E-state index in [1.54, 1.807) is 48.5 Å². The maximum atomic E-state index is 13.6. The molecule has 0 aromatic heterocycles. The predicted octanol–water partition coefficient (Wildman–Crippen LogP) is 3.93. The normalized spacial score (nSPS) is 12.1. The van der Waals surface area contributed by atoms with Gasteiger partial charge in [0.2, 0.25) is 11.8 Å². The molecule has 0 radical (unpaired) electrons. The van der Waals surface area contributed by atoms with Crippen molar-refractivity contribution < 1.29 is 34.4 Å². The SMILES string of the molecule is O=C(CCc1ccc(O)cc1)N[C@@H](Cc1ccc(O)cc1)C(=O)N[C@@H](Cc1ccc(O)cc1)C(=O)OCc1ccccc1. The fraction of sp³-hybridized carbons (Fsp3) is 0.206. The first-order valence-corrected chi connectivity index (χ1v) is 13.9. The molecule has 0 aliphatic carbocycles. The van der Waals surface area contributed by atoms with Gasteiger partial charge in [-0.3, -0.25) is 9.59 Å². The number of ether oxygens (including phenoxy) is 1. The number of hydrogen-bond donors (Lipinski definition) is 5. The Bertz CT molecular complexity index is 1490. The molecule has 222 valence electrons. The molecule has 0 heterocycles. The number of benzene rings is 4. The van der Waals surface area contributed by atoms with Crippen LogP contribution in [0.4, 0.5) is 0 Å². The van der Waals surface area contributed by atoms with Crippen molar-refractivity contribution >= 4 is 17.8 Å². The van der Waals surface area contributed by atoms with Crippen LogP contribution in [0.1, 0.15) is 28.7 Å². The van der Waals surface area contributed by atoms with E-state index in [2.05, 4.69) is 10.6 Å². The summed E-state index contributed by atoms with van der Waals surface area (Å²) in [6.07, 6.45) is 0.706. The lowest BCUT2D eigenvalue weighted by molar-refractivity contribution is -0.149. The van der Waals surface area contributed by atoms with Gasteiger partial charge in [0, 0.05) is 19.3 Å². The third kappa shape index (κ3) is 9.93. The van der Waals surface area contributed by atoms with E-state index < -0.39 is 24.0 Å². The van der Waals surface area contributed by atoms with E-state index in [1.165, 1.54) is 24.3 Å². The van der Waals surface area contributed by atoms with Crippen molar-refractivity contribution in [3.63, 3.8) is 0 Å². The second-order valence-corrected chi connectivity index (χ2v) is 10.2. The zero-order chi connectivity index (χ0) is 30.6. The van der Waals surface area contributed by atoms with Crippen LogP contribution in [0.3, 0.4) is 0 Å². The summed E-state index contributed by atoms with van der Waals surface area (Å²) in [4.78, 5) is 39.8. The molecule has 0 unspecified atom stereocenters. The number of aromatic hydroxyl groups is 3. The third-order valence-electron chi connectivity index (χ3n) is 6.81. The van der Waals surface area contributed by atoms with Gasteiger partial charge in [0.25, 0.3) is 0 Å². The van der Waals surface area contributed by atoms with Crippen molar-refractivity contribution in [1.82, 2.24) is 10.6 Å². The number of carbonyl (C=O) groups excluding carboxylic acids is 3. The van der Waals surface area contributed by atoms with Gasteiger partial charge < -0.3 is 30.7 Å². The van der Waals surface area contributed by atoms with E-state index in [4.69, 9.17) is 4.74 Å². The van der Waals surface area contributed by atoms with Crippen LogP contribution in [0, 0.1) is 0 Å². The van der Waals surface area contributed by atoms with Gasteiger partial charge in [-0.25, -0.2) is 4.79 Å². The lowest BCUT2D eigenvalue weighted by atomic mass is 10.0. The van der Waals surface area contributed by atoms with Crippen LogP contribution < -0.4 is 10.6 Å². The van der Waals surface area contributed by atoms with E-state index in [1.807, 2.05) is 30.3 Å². The van der Waals surface area contributed by atoms with Crippen LogP contribution in [-0.4, -0.2) is 45.2 Å². The predicted molar refractivity (Wildman–Crippen MR) is 160 cm³/mol. The van der Waals surface area contributed by atoms with Crippen LogP contribution in [0.15, 0.2) is 103 Å². The molecule has 0 saturated heterocycles. The van der Waals surface area contributed by atoms with E-state index in [0.29, 0.717) is 17.5 Å². The molecule has 9 nitrogen and oxygen atoms in total. The zero-order valence-electron chi connectivity index (χ0n) is 23.5. The Balaban J connectivity index is 1.49. The Kier molecular flexibility index (Phi) is 10.7. The molecule has 0 fully saturated rings. The van der Waals surface area contributed by atoms with E-state index in [0.717, 1.165) is 11.1 Å². The molecule has 43 heavy (non-hydrogen) atoms. The van der Waals surface area contributed by atoms with Crippen molar-refractivity contribution in [2.75, 3.05) is 0 Å². The number of carbonyl (C=O) groups is 3. The Morgan fingerprint density at radius 1 is 0.581 bits per heavy atom. The topological polar surface area (TPSA) is 145 Å². The van der Waals surface area contributed by atoms with Gasteiger partial charge in [0.05, 0.1) is 0 Å². The van der Waals surface area contributed by atoms with Crippen molar-refractivity contribution in [2.24, 2.45) is 0 Å². The minimum Gasteiger partial charge on any atom is -0.508 e. The minimum absolute atomic E-state index is 0.0204. The minimum atomic E-state index is -1.07. The van der Waals surface area contributed by atoms with Crippen LogP contribution in [-0.2, 0) is 45.0 Å². The Hall–Kier alpha value is -5.31. The van der Waals surface area contributed by atoms with Crippen molar-refractivity contribution in [3.8, 4) is 17.2 Å². The number of aryl methyl sites for hydroxylation is 1. The smallest absolute Gasteiger partial charge is 0.329 e. The average Bonchev–Trinajstić information content (AvgIpc) is 3.01. The number of phenolic OH excluding ortho intramolecular Hbond substituents is 3. The van der Waals surface area contributed by atoms with E-state index >= 15 is 0 Å². The summed E-state index contributed by atoms with van der Waals surface area (Å²) in [6.45, 7) is 0.0204. The van der Waals surface area contributed by atoms with Gasteiger partial charge in [0.15, 0.2) is 0 Å². The summed E-state index contributed by atoms with van der Waals surface area (Å²) in [5, 5.41) is 34.4. The zero-order valence-corrected chi connectivity index (χ0v) is 23.5. The quantitative estimate of drug-likeness (QED) is 0.150. The summed E-state index contributed by atoms with van der Waals surface area (Å²) < 4.78 is 5.54. The van der Waals surface area contributed by atoms with Crippen molar-refractivity contribution in [1.29, 1.82) is 0 Å². The summed E-state index contributed by atoms with van der Waals surface area (Å²) in [5.74, 6) is -1.33. The molecule has 9 heteroatoms. The fourth-order valence-electron chi connectivity index (χ4n) is 4.43. The van der Waals surface area contributed by atoms with Gasteiger partial charge in [-0.05, 0) is 65.1 Å². The largest absolute Gasteiger partial charge is 0.508 e. The molecule has 2 atom stereocenters. The first kappa shape index (κ1) is 30.6. The standard InChI is InChI=1S/C34H34N2O7/c37-27-13-6-23(7-14-27)12-19-32(40)35-30(20-24-8-15-28(38)16-9-24)33(41)36-31(21-25-10-17-29(39)18-11-25)34(42)43-22-26-4-2-1-3-5-26/h1-11,13-18,30-31,37-39H,12,19-22H2,(H,35,40)(H,36,41)/t30-,31-/m0/s1. The molecule has 4 rings (SSSR count). The first-order valence-electron chi connectivity index (χ1n) is 13.9. The third-order valence-corrected chi connectivity index (χ3v) is 6.81. The lowest BCUT2D eigenvalue weighted by Crippen LogP contribution is -2.53. The molecule has 0 spiro atoms. The highest BCUT2D eigenvalue weighted by Crippen LogP contribution is 2.15. The lowest BCUT2D eigenvalue weighted by Gasteiger charge is -2.23. The van der Waals surface area contributed by atoms with Crippen LogP contribution >= 0.6 is 0 Å². The van der Waals surface area contributed by atoms with Crippen molar-refractivity contribution in [3.05, 3.63) is 125 Å². The summed E-state index contributed by atoms with van der Waals surface area (Å²) in [7, 11) is 0. The number of rotatable bonds is 13. The van der Waals surface area contributed by atoms with Gasteiger partial charge >= 0.3 is 5.97 Å². The molecular weight excluding hydrogens is 548 g/mol.